The Morgan fingerprint density at radius 1 is 1.10 bits per heavy atom. The van der Waals surface area contributed by atoms with Crippen LogP contribution >= 0.6 is 0 Å². The van der Waals surface area contributed by atoms with Crippen LogP contribution in [0.2, 0.25) is 0 Å². The lowest BCUT2D eigenvalue weighted by molar-refractivity contribution is 0.0722. The van der Waals surface area contributed by atoms with Gasteiger partial charge >= 0.3 is 0 Å². The molecule has 0 N–H and O–H groups in total. The van der Waals surface area contributed by atoms with Gasteiger partial charge in [-0.25, -0.2) is 0 Å². The third-order valence-corrected chi connectivity index (χ3v) is 5.57. The van der Waals surface area contributed by atoms with E-state index in [9.17, 15) is 9.59 Å². The second-order valence-electron chi connectivity index (χ2n) is 8.00. The largest absolute Gasteiger partial charge is 0.497 e. The van der Waals surface area contributed by atoms with Crippen molar-refractivity contribution in [1.29, 1.82) is 0 Å². The fourth-order valence-electron chi connectivity index (χ4n) is 4.01. The van der Waals surface area contributed by atoms with Gasteiger partial charge in [-0.1, -0.05) is 29.8 Å². The summed E-state index contributed by atoms with van der Waals surface area (Å²) in [4.78, 5) is 30.6. The van der Waals surface area contributed by atoms with Crippen LogP contribution < -0.4 is 10.2 Å². The third kappa shape index (κ3) is 3.48. The summed E-state index contributed by atoms with van der Waals surface area (Å²) in [7, 11) is 5.56. The molecule has 0 saturated carbocycles. The van der Waals surface area contributed by atoms with Crippen LogP contribution in [-0.2, 0) is 0 Å². The predicted octanol–water partition coefficient (Wildman–Crippen LogP) is 3.61. The molecule has 156 valence electrons. The molecule has 0 unspecified atom stereocenters. The van der Waals surface area contributed by atoms with Crippen LogP contribution in [0.25, 0.3) is 11.0 Å². The Morgan fingerprint density at radius 3 is 2.50 bits per heavy atom. The van der Waals surface area contributed by atoms with E-state index >= 15 is 0 Å². The highest BCUT2D eigenvalue weighted by Gasteiger charge is 2.42. The first-order chi connectivity index (χ1) is 14.4. The summed E-state index contributed by atoms with van der Waals surface area (Å²) in [6, 6.07) is 12.6. The topological polar surface area (TPSA) is 63.0 Å². The van der Waals surface area contributed by atoms with E-state index < -0.39 is 6.04 Å². The molecule has 0 spiro atoms. The molecule has 1 aliphatic heterocycles. The van der Waals surface area contributed by atoms with E-state index in [2.05, 4.69) is 4.90 Å². The molecule has 0 aliphatic carbocycles. The Kier molecular flexibility index (Phi) is 5.35. The predicted molar refractivity (Wildman–Crippen MR) is 116 cm³/mol. The van der Waals surface area contributed by atoms with E-state index in [4.69, 9.17) is 9.15 Å². The van der Waals surface area contributed by atoms with Crippen molar-refractivity contribution in [2.75, 3.05) is 34.3 Å². The molecule has 6 nitrogen and oxygen atoms in total. The minimum atomic E-state index is -0.446. The van der Waals surface area contributed by atoms with Gasteiger partial charge in [0.15, 0.2) is 5.43 Å². The molecule has 3 aromatic rings. The first-order valence-corrected chi connectivity index (χ1v) is 10.1. The quantitative estimate of drug-likeness (QED) is 0.626. The van der Waals surface area contributed by atoms with Crippen LogP contribution in [0.5, 0.6) is 5.75 Å². The molecule has 6 heteroatoms. The fourth-order valence-corrected chi connectivity index (χ4v) is 4.01. The summed E-state index contributed by atoms with van der Waals surface area (Å²) in [6.45, 7) is 3.40. The van der Waals surface area contributed by atoms with E-state index in [1.54, 1.807) is 30.2 Å². The zero-order chi connectivity index (χ0) is 21.4. The molecule has 0 saturated heterocycles. The molecule has 1 aromatic heterocycles. The first-order valence-electron chi connectivity index (χ1n) is 10.1. The molecule has 1 atom stereocenters. The van der Waals surface area contributed by atoms with Gasteiger partial charge in [0.1, 0.15) is 11.3 Å². The van der Waals surface area contributed by atoms with E-state index in [-0.39, 0.29) is 17.1 Å². The molecule has 1 amide bonds. The monoisotopic (exact) mass is 406 g/mol. The van der Waals surface area contributed by atoms with Crippen molar-refractivity contribution >= 4 is 16.9 Å². The second kappa shape index (κ2) is 7.95. The normalized spacial score (nSPS) is 15.8. The number of nitrogens with zero attached hydrogens (tertiary/aromatic N) is 2. The number of methoxy groups -OCH3 is 1. The highest BCUT2D eigenvalue weighted by molar-refractivity contribution is 5.99. The molecule has 0 radical (unpaired) electrons. The number of aryl methyl sites for hydroxylation is 1. The van der Waals surface area contributed by atoms with Crippen LogP contribution in [-0.4, -0.2) is 50.0 Å². The van der Waals surface area contributed by atoms with Crippen LogP contribution in [0.3, 0.4) is 0 Å². The van der Waals surface area contributed by atoms with Gasteiger partial charge in [0.2, 0.25) is 5.76 Å². The van der Waals surface area contributed by atoms with E-state index in [1.807, 2.05) is 45.3 Å². The van der Waals surface area contributed by atoms with E-state index in [0.29, 0.717) is 28.8 Å². The summed E-state index contributed by atoms with van der Waals surface area (Å²) in [5.74, 6) is 0.473. The lowest BCUT2D eigenvalue weighted by Crippen LogP contribution is -2.32. The number of amides is 1. The number of fused-ring (bicyclic) bond motifs is 2. The van der Waals surface area contributed by atoms with E-state index in [0.717, 1.165) is 24.1 Å². The van der Waals surface area contributed by atoms with Crippen molar-refractivity contribution in [1.82, 2.24) is 9.80 Å². The molecule has 0 fully saturated rings. The van der Waals surface area contributed by atoms with Crippen molar-refractivity contribution in [3.8, 4) is 5.75 Å². The number of rotatable bonds is 6. The Labute approximate surface area is 175 Å². The molecule has 4 rings (SSSR count). The van der Waals surface area contributed by atoms with Crippen LogP contribution in [0.15, 0.2) is 51.7 Å². The average molecular weight is 406 g/mol. The molecular formula is C24H26N2O4. The van der Waals surface area contributed by atoms with Gasteiger partial charge in [0.25, 0.3) is 5.91 Å². The van der Waals surface area contributed by atoms with Gasteiger partial charge < -0.3 is 19.0 Å². The molecule has 30 heavy (non-hydrogen) atoms. The molecule has 2 heterocycles. The van der Waals surface area contributed by atoms with Crippen molar-refractivity contribution in [2.24, 2.45) is 0 Å². The summed E-state index contributed by atoms with van der Waals surface area (Å²) in [5, 5.41) is 0.453. The SMILES string of the molecule is COc1ccc2c(=O)c3c(oc2c1)C(=O)N(CCCN(C)C)[C@H]3c1ccc(C)cc1. The van der Waals surface area contributed by atoms with Gasteiger partial charge in [-0.15, -0.1) is 0 Å². The fraction of sp³-hybridized carbons (Fsp3) is 0.333. The summed E-state index contributed by atoms with van der Waals surface area (Å²) in [5.41, 5.74) is 2.66. The maximum absolute atomic E-state index is 13.5. The first kappa shape index (κ1) is 20.2. The molecule has 0 bridgehead atoms. The van der Waals surface area contributed by atoms with Crippen LogP contribution in [0.1, 0.15) is 39.7 Å². The Morgan fingerprint density at radius 2 is 1.83 bits per heavy atom. The van der Waals surface area contributed by atoms with Gasteiger partial charge in [-0.2, -0.15) is 0 Å². The molecule has 1 aliphatic rings. The lowest BCUT2D eigenvalue weighted by Gasteiger charge is -2.25. The maximum Gasteiger partial charge on any atom is 0.290 e. The highest BCUT2D eigenvalue weighted by Crippen LogP contribution is 2.38. The Hall–Kier alpha value is -3.12. The van der Waals surface area contributed by atoms with Gasteiger partial charge in [-0.3, -0.25) is 9.59 Å². The summed E-state index contributed by atoms with van der Waals surface area (Å²) >= 11 is 0. The number of carbonyl (C=O) groups excluding carboxylic acids is 1. The average Bonchev–Trinajstić information content (AvgIpc) is 3.00. The zero-order valence-electron chi connectivity index (χ0n) is 17.8. The standard InChI is InChI=1S/C24H26N2O4/c1-15-6-8-16(9-7-15)21-20-22(27)18-11-10-17(29-4)14-19(18)30-23(20)24(28)26(21)13-5-12-25(2)3/h6-11,14,21H,5,12-13H2,1-4H3/t21-/m0/s1. The van der Waals surface area contributed by atoms with Crippen LogP contribution in [0, 0.1) is 6.92 Å². The zero-order valence-corrected chi connectivity index (χ0v) is 17.8. The smallest absolute Gasteiger partial charge is 0.290 e. The highest BCUT2D eigenvalue weighted by atomic mass is 16.5. The third-order valence-electron chi connectivity index (χ3n) is 5.57. The summed E-state index contributed by atoms with van der Waals surface area (Å²) in [6.07, 6.45) is 0.802. The van der Waals surface area contributed by atoms with Gasteiger partial charge in [-0.05, 0) is 51.7 Å². The number of hydrogen-bond acceptors (Lipinski definition) is 5. The Balaban J connectivity index is 1.87. The molecule has 2 aromatic carbocycles. The summed E-state index contributed by atoms with van der Waals surface area (Å²) < 4.78 is 11.2. The number of carbonyl (C=O) groups is 1. The van der Waals surface area contributed by atoms with Crippen molar-refractivity contribution < 1.29 is 13.9 Å². The maximum atomic E-state index is 13.5. The second-order valence-corrected chi connectivity index (χ2v) is 8.00. The van der Waals surface area contributed by atoms with Gasteiger partial charge in [0.05, 0.1) is 24.1 Å². The van der Waals surface area contributed by atoms with Crippen molar-refractivity contribution in [3.63, 3.8) is 0 Å². The minimum Gasteiger partial charge on any atom is -0.497 e. The molecular weight excluding hydrogens is 380 g/mol. The van der Waals surface area contributed by atoms with Gasteiger partial charge in [0, 0.05) is 12.6 Å². The van der Waals surface area contributed by atoms with Crippen molar-refractivity contribution in [2.45, 2.75) is 19.4 Å². The van der Waals surface area contributed by atoms with Crippen LogP contribution in [0.4, 0.5) is 0 Å². The number of ether oxygens (including phenoxy) is 1. The number of hydrogen-bond donors (Lipinski definition) is 0. The lowest BCUT2D eigenvalue weighted by atomic mass is 9.97. The van der Waals surface area contributed by atoms with Crippen molar-refractivity contribution in [3.05, 3.63) is 75.1 Å². The van der Waals surface area contributed by atoms with E-state index in [1.165, 1.54) is 0 Å². The minimum absolute atomic E-state index is 0.135. The number of benzene rings is 2. The Bertz CT molecular complexity index is 1150.